The first kappa shape index (κ1) is 18.9. The zero-order valence-corrected chi connectivity index (χ0v) is 14.8. The highest BCUT2D eigenvalue weighted by Crippen LogP contribution is 2.19. The molecule has 0 spiro atoms. The fourth-order valence-corrected chi connectivity index (χ4v) is 2.39. The van der Waals surface area contributed by atoms with Crippen molar-refractivity contribution < 1.29 is 14.5 Å². The predicted molar refractivity (Wildman–Crippen MR) is 99.3 cm³/mol. The molecule has 26 heavy (non-hydrogen) atoms. The summed E-state index contributed by atoms with van der Waals surface area (Å²) in [6.45, 7) is 3.62. The molecule has 0 aromatic heterocycles. The molecule has 0 aliphatic carbocycles. The van der Waals surface area contributed by atoms with Crippen molar-refractivity contribution in [1.29, 1.82) is 0 Å². The third-order valence-corrected chi connectivity index (χ3v) is 3.78. The van der Waals surface area contributed by atoms with Gasteiger partial charge in [-0.15, -0.1) is 0 Å². The number of hydrogen-bond donors (Lipinski definition) is 2. The normalized spacial score (nSPS) is 10.1. The minimum absolute atomic E-state index is 0.127. The van der Waals surface area contributed by atoms with Crippen molar-refractivity contribution in [2.45, 2.75) is 13.8 Å². The predicted octanol–water partition coefficient (Wildman–Crippen LogP) is 3.31. The van der Waals surface area contributed by atoms with Crippen molar-refractivity contribution in [2.75, 3.05) is 24.2 Å². The number of aryl methyl sites for hydroxylation is 2. The lowest BCUT2D eigenvalue weighted by molar-refractivity contribution is -0.384. The highest BCUT2D eigenvalue weighted by Gasteiger charge is 2.15. The van der Waals surface area contributed by atoms with E-state index in [4.69, 9.17) is 0 Å². The Morgan fingerprint density at radius 3 is 2.31 bits per heavy atom. The molecule has 0 atom stereocenters. The molecule has 0 unspecified atom stereocenters. The number of nitro benzene ring substituents is 1. The van der Waals surface area contributed by atoms with Gasteiger partial charge in [-0.3, -0.25) is 14.9 Å². The Kier molecular flexibility index (Phi) is 5.90. The van der Waals surface area contributed by atoms with E-state index < -0.39 is 11.0 Å². The number of likely N-dealkylation sites (N-methyl/N-ethyl adjacent to an activating group) is 1. The molecule has 2 N–H and O–H groups in total. The van der Waals surface area contributed by atoms with Crippen LogP contribution in [-0.2, 0) is 4.79 Å². The highest BCUT2D eigenvalue weighted by atomic mass is 16.6. The lowest BCUT2D eigenvalue weighted by Crippen LogP contribution is -2.37. The van der Waals surface area contributed by atoms with Crippen molar-refractivity contribution in [3.63, 3.8) is 0 Å². The van der Waals surface area contributed by atoms with Gasteiger partial charge in [0.15, 0.2) is 0 Å². The van der Waals surface area contributed by atoms with Gasteiger partial charge >= 0.3 is 6.03 Å². The molecular weight excluding hydrogens is 336 g/mol. The quantitative estimate of drug-likeness (QED) is 0.633. The van der Waals surface area contributed by atoms with Crippen LogP contribution < -0.4 is 10.6 Å². The van der Waals surface area contributed by atoms with Gasteiger partial charge in [0.25, 0.3) is 5.69 Å². The van der Waals surface area contributed by atoms with E-state index in [0.29, 0.717) is 0 Å². The number of benzene rings is 2. The van der Waals surface area contributed by atoms with Crippen LogP contribution in [0.2, 0.25) is 0 Å². The molecule has 0 saturated carbocycles. The smallest absolute Gasteiger partial charge is 0.322 e. The Balaban J connectivity index is 1.97. The van der Waals surface area contributed by atoms with Gasteiger partial charge in [0, 0.05) is 30.6 Å². The first-order chi connectivity index (χ1) is 12.3. The monoisotopic (exact) mass is 356 g/mol. The van der Waals surface area contributed by atoms with E-state index in [1.807, 2.05) is 32.0 Å². The topological polar surface area (TPSA) is 105 Å². The van der Waals surface area contributed by atoms with Gasteiger partial charge < -0.3 is 15.5 Å². The van der Waals surface area contributed by atoms with Crippen LogP contribution >= 0.6 is 0 Å². The van der Waals surface area contributed by atoms with Crippen LogP contribution in [0.25, 0.3) is 0 Å². The van der Waals surface area contributed by atoms with Gasteiger partial charge in [-0.25, -0.2) is 4.79 Å². The van der Waals surface area contributed by atoms with E-state index in [-0.39, 0.29) is 23.8 Å². The second-order valence-corrected chi connectivity index (χ2v) is 5.91. The minimum atomic E-state index is -0.544. The van der Waals surface area contributed by atoms with Gasteiger partial charge in [0.2, 0.25) is 5.91 Å². The van der Waals surface area contributed by atoms with Gasteiger partial charge in [-0.1, -0.05) is 24.3 Å². The maximum atomic E-state index is 12.2. The van der Waals surface area contributed by atoms with Gasteiger partial charge in [-0.2, -0.15) is 0 Å². The lowest BCUT2D eigenvalue weighted by Gasteiger charge is -2.18. The maximum absolute atomic E-state index is 12.2. The number of anilines is 2. The van der Waals surface area contributed by atoms with E-state index in [9.17, 15) is 19.7 Å². The molecule has 0 fully saturated rings. The number of non-ortho nitro benzene ring substituents is 1. The largest absolute Gasteiger partial charge is 0.324 e. The SMILES string of the molecule is Cc1cccc(C)c1NC(=O)CN(C)C(=O)Nc1cccc([N+](=O)[O-])c1. The average Bonchev–Trinajstić information content (AvgIpc) is 2.58. The lowest BCUT2D eigenvalue weighted by atomic mass is 10.1. The molecule has 3 amide bonds. The standard InChI is InChI=1S/C18H20N4O4/c1-12-6-4-7-13(2)17(12)20-16(23)11-21(3)18(24)19-14-8-5-9-15(10-14)22(25)26/h4-10H,11H2,1-3H3,(H,19,24)(H,20,23). The molecule has 2 aromatic carbocycles. The third kappa shape index (κ3) is 4.79. The fraction of sp³-hybridized carbons (Fsp3) is 0.222. The molecule has 0 radical (unpaired) electrons. The Morgan fingerprint density at radius 1 is 1.08 bits per heavy atom. The minimum Gasteiger partial charge on any atom is -0.324 e. The molecule has 2 aromatic rings. The molecule has 8 nitrogen and oxygen atoms in total. The number of nitrogens with one attached hydrogen (secondary N) is 2. The summed E-state index contributed by atoms with van der Waals surface area (Å²) in [6.07, 6.45) is 0. The first-order valence-corrected chi connectivity index (χ1v) is 7.90. The number of urea groups is 1. The number of hydrogen-bond acceptors (Lipinski definition) is 4. The molecule has 0 saturated heterocycles. The van der Waals surface area contributed by atoms with E-state index >= 15 is 0 Å². The highest BCUT2D eigenvalue weighted by molar-refractivity contribution is 5.97. The van der Waals surface area contributed by atoms with Gasteiger partial charge in [0.1, 0.15) is 6.54 Å². The summed E-state index contributed by atoms with van der Waals surface area (Å²) < 4.78 is 0. The molecule has 0 aliphatic heterocycles. The molecule has 136 valence electrons. The maximum Gasteiger partial charge on any atom is 0.322 e. The van der Waals surface area contributed by atoms with Crippen LogP contribution in [0, 0.1) is 24.0 Å². The zero-order chi connectivity index (χ0) is 19.3. The summed E-state index contributed by atoms with van der Waals surface area (Å²) in [5, 5.41) is 16.1. The number of carbonyl (C=O) groups is 2. The number of carbonyl (C=O) groups excluding carboxylic acids is 2. The summed E-state index contributed by atoms with van der Waals surface area (Å²) in [5.74, 6) is -0.334. The fourth-order valence-electron chi connectivity index (χ4n) is 2.39. The Morgan fingerprint density at radius 2 is 1.69 bits per heavy atom. The summed E-state index contributed by atoms with van der Waals surface area (Å²) in [4.78, 5) is 35.8. The van der Waals surface area contributed by atoms with E-state index in [1.165, 1.54) is 36.2 Å². The molecule has 2 rings (SSSR count). The van der Waals surface area contributed by atoms with Crippen molar-refractivity contribution in [3.05, 3.63) is 63.7 Å². The second-order valence-electron chi connectivity index (χ2n) is 5.91. The summed E-state index contributed by atoms with van der Waals surface area (Å²) in [5.41, 5.74) is 2.75. The van der Waals surface area contributed by atoms with E-state index in [2.05, 4.69) is 10.6 Å². The van der Waals surface area contributed by atoms with Gasteiger partial charge in [-0.05, 0) is 31.0 Å². The van der Waals surface area contributed by atoms with Crippen LogP contribution in [0.1, 0.15) is 11.1 Å². The van der Waals surface area contributed by atoms with Crippen molar-refractivity contribution in [1.82, 2.24) is 4.90 Å². The van der Waals surface area contributed by atoms with E-state index in [0.717, 1.165) is 16.8 Å². The van der Waals surface area contributed by atoms with Crippen molar-refractivity contribution in [3.8, 4) is 0 Å². The molecule has 0 aliphatic rings. The zero-order valence-electron chi connectivity index (χ0n) is 14.8. The summed E-state index contributed by atoms with van der Waals surface area (Å²) in [7, 11) is 1.47. The van der Waals surface area contributed by atoms with Crippen LogP contribution in [0.4, 0.5) is 21.9 Å². The average molecular weight is 356 g/mol. The van der Waals surface area contributed by atoms with E-state index in [1.54, 1.807) is 0 Å². The van der Waals surface area contributed by atoms with Crippen LogP contribution in [0.15, 0.2) is 42.5 Å². The number of nitrogens with zero attached hydrogens (tertiary/aromatic N) is 2. The number of amides is 3. The van der Waals surface area contributed by atoms with Crippen LogP contribution in [0.5, 0.6) is 0 Å². The van der Waals surface area contributed by atoms with Crippen molar-refractivity contribution in [2.24, 2.45) is 0 Å². The summed E-state index contributed by atoms with van der Waals surface area (Å²) in [6, 6.07) is 10.7. The Hall–Kier alpha value is -3.42. The Labute approximate surface area is 151 Å². The molecular formula is C18H20N4O4. The number of para-hydroxylation sites is 1. The van der Waals surface area contributed by atoms with Crippen LogP contribution in [0.3, 0.4) is 0 Å². The third-order valence-electron chi connectivity index (χ3n) is 3.78. The Bertz CT molecular complexity index is 831. The number of rotatable bonds is 5. The molecule has 0 bridgehead atoms. The second kappa shape index (κ2) is 8.11. The summed E-state index contributed by atoms with van der Waals surface area (Å²) >= 11 is 0. The van der Waals surface area contributed by atoms with Crippen molar-refractivity contribution >= 4 is 29.0 Å². The van der Waals surface area contributed by atoms with Crippen LogP contribution in [-0.4, -0.2) is 35.4 Å². The molecule has 0 heterocycles. The first-order valence-electron chi connectivity index (χ1n) is 7.90. The molecule has 8 heteroatoms. The number of nitro groups is 1. The van der Waals surface area contributed by atoms with Gasteiger partial charge in [0.05, 0.1) is 4.92 Å².